The van der Waals surface area contributed by atoms with Crippen molar-refractivity contribution in [3.8, 4) is 11.1 Å². The molecule has 0 aliphatic carbocycles. The van der Waals surface area contributed by atoms with Crippen LogP contribution in [-0.2, 0) is 17.4 Å². The second kappa shape index (κ2) is 12.2. The number of benzene rings is 3. The van der Waals surface area contributed by atoms with E-state index in [-0.39, 0.29) is 18.9 Å². The molecule has 190 valence electrons. The number of carboxylic acid groups (broad SMARTS) is 1. The highest BCUT2D eigenvalue weighted by Gasteiger charge is 2.29. The summed E-state index contributed by atoms with van der Waals surface area (Å²) in [6.07, 6.45) is -2.65. The van der Waals surface area contributed by atoms with Crippen LogP contribution in [0.1, 0.15) is 41.3 Å². The SMILES string of the molecule is CC(CCc1ccc(C(=O)NCCC(=O)O)cc1)CNc1ccc(-c2ccc(C(F)(F)F)cc2)cc1. The number of halogens is 3. The van der Waals surface area contributed by atoms with Crippen LogP contribution in [-0.4, -0.2) is 30.1 Å². The summed E-state index contributed by atoms with van der Waals surface area (Å²) in [5.74, 6) is -0.854. The second-order valence-corrected chi connectivity index (χ2v) is 8.77. The number of aryl methyl sites for hydroxylation is 1. The molecular weight excluding hydrogens is 469 g/mol. The van der Waals surface area contributed by atoms with Crippen molar-refractivity contribution >= 4 is 17.6 Å². The number of nitrogens with one attached hydrogen (secondary N) is 2. The van der Waals surface area contributed by atoms with Crippen molar-refractivity contribution < 1.29 is 27.9 Å². The standard InChI is InChI=1S/C28H29F3N2O3/c1-19(2-3-20-4-6-23(7-5-20)27(36)32-17-16-26(34)35)18-33-25-14-10-22(11-15-25)21-8-12-24(13-9-21)28(29,30)31/h4-15,19,33H,2-3,16-18H2,1H3,(H,32,36)(H,34,35). The zero-order valence-electron chi connectivity index (χ0n) is 19.9. The molecule has 0 saturated heterocycles. The number of hydrogen-bond acceptors (Lipinski definition) is 3. The largest absolute Gasteiger partial charge is 0.481 e. The lowest BCUT2D eigenvalue weighted by Crippen LogP contribution is -2.25. The van der Waals surface area contributed by atoms with Gasteiger partial charge in [-0.1, -0.05) is 43.3 Å². The molecular formula is C28H29F3N2O3. The minimum Gasteiger partial charge on any atom is -0.481 e. The molecule has 0 aromatic heterocycles. The van der Waals surface area contributed by atoms with Crippen molar-refractivity contribution in [1.29, 1.82) is 0 Å². The molecule has 0 bridgehead atoms. The van der Waals surface area contributed by atoms with E-state index in [9.17, 15) is 22.8 Å². The van der Waals surface area contributed by atoms with E-state index < -0.39 is 17.7 Å². The minimum atomic E-state index is -4.34. The molecule has 0 aliphatic rings. The molecule has 1 atom stereocenters. The normalized spacial score (nSPS) is 12.1. The molecule has 0 radical (unpaired) electrons. The number of carbonyl (C=O) groups excluding carboxylic acids is 1. The number of alkyl halides is 3. The molecule has 3 aromatic carbocycles. The highest BCUT2D eigenvalue weighted by molar-refractivity contribution is 5.94. The predicted molar refractivity (Wildman–Crippen MR) is 134 cm³/mol. The van der Waals surface area contributed by atoms with Crippen LogP contribution in [0.4, 0.5) is 18.9 Å². The van der Waals surface area contributed by atoms with Crippen molar-refractivity contribution in [1.82, 2.24) is 5.32 Å². The van der Waals surface area contributed by atoms with E-state index in [1.54, 1.807) is 12.1 Å². The van der Waals surface area contributed by atoms with Gasteiger partial charge in [0.25, 0.3) is 5.91 Å². The van der Waals surface area contributed by atoms with Crippen molar-refractivity contribution in [2.75, 3.05) is 18.4 Å². The van der Waals surface area contributed by atoms with E-state index in [2.05, 4.69) is 17.6 Å². The lowest BCUT2D eigenvalue weighted by Gasteiger charge is -2.14. The third-order valence-electron chi connectivity index (χ3n) is 5.85. The molecule has 1 unspecified atom stereocenters. The van der Waals surface area contributed by atoms with Gasteiger partial charge in [-0.15, -0.1) is 0 Å². The van der Waals surface area contributed by atoms with Crippen molar-refractivity contribution in [2.24, 2.45) is 5.92 Å². The Morgan fingerprint density at radius 1 is 0.889 bits per heavy atom. The number of rotatable bonds is 11. The number of carboxylic acids is 1. The quantitative estimate of drug-likeness (QED) is 0.292. The Bertz CT molecular complexity index is 1140. The van der Waals surface area contributed by atoms with E-state index in [4.69, 9.17) is 5.11 Å². The van der Waals surface area contributed by atoms with Crippen LogP contribution < -0.4 is 10.6 Å². The molecule has 0 heterocycles. The fourth-order valence-corrected chi connectivity index (χ4v) is 3.65. The molecule has 36 heavy (non-hydrogen) atoms. The summed E-state index contributed by atoms with van der Waals surface area (Å²) in [6.45, 7) is 3.01. The van der Waals surface area contributed by atoms with Crippen molar-refractivity contribution in [3.63, 3.8) is 0 Å². The first-order valence-corrected chi connectivity index (χ1v) is 11.7. The molecule has 3 N–H and O–H groups in total. The average Bonchev–Trinajstić information content (AvgIpc) is 2.86. The van der Waals surface area contributed by atoms with Gasteiger partial charge in [-0.3, -0.25) is 9.59 Å². The summed E-state index contributed by atoms with van der Waals surface area (Å²) in [5.41, 5.74) is 3.47. The first-order valence-electron chi connectivity index (χ1n) is 11.7. The Kier molecular flexibility index (Phi) is 9.11. The summed E-state index contributed by atoms with van der Waals surface area (Å²) >= 11 is 0. The molecule has 1 amide bonds. The van der Waals surface area contributed by atoms with E-state index in [1.165, 1.54) is 12.1 Å². The van der Waals surface area contributed by atoms with E-state index in [0.717, 1.165) is 53.9 Å². The fraction of sp³-hybridized carbons (Fsp3) is 0.286. The van der Waals surface area contributed by atoms with Gasteiger partial charge in [-0.2, -0.15) is 13.2 Å². The maximum absolute atomic E-state index is 12.7. The summed E-state index contributed by atoms with van der Waals surface area (Å²) in [7, 11) is 0. The van der Waals surface area contributed by atoms with Crippen LogP contribution in [0.2, 0.25) is 0 Å². The molecule has 8 heteroatoms. The van der Waals surface area contributed by atoms with Crippen molar-refractivity contribution in [2.45, 2.75) is 32.4 Å². The van der Waals surface area contributed by atoms with Crippen LogP contribution in [0, 0.1) is 5.92 Å². The molecule has 0 fully saturated rings. The number of amides is 1. The molecule has 5 nitrogen and oxygen atoms in total. The third kappa shape index (κ3) is 8.15. The number of anilines is 1. The van der Waals surface area contributed by atoms with E-state index >= 15 is 0 Å². The van der Waals surface area contributed by atoms with Gasteiger partial charge in [0.1, 0.15) is 0 Å². The molecule has 3 aromatic rings. The molecule has 3 rings (SSSR count). The predicted octanol–water partition coefficient (Wildman–Crippen LogP) is 6.26. The highest BCUT2D eigenvalue weighted by Crippen LogP contribution is 2.31. The van der Waals surface area contributed by atoms with Gasteiger partial charge in [0.05, 0.1) is 12.0 Å². The zero-order valence-corrected chi connectivity index (χ0v) is 19.9. The Hall–Kier alpha value is -3.81. The number of carbonyl (C=O) groups is 2. The van der Waals surface area contributed by atoms with Crippen LogP contribution in [0.3, 0.4) is 0 Å². The van der Waals surface area contributed by atoms with Crippen LogP contribution >= 0.6 is 0 Å². The van der Waals surface area contributed by atoms with Crippen LogP contribution in [0.25, 0.3) is 11.1 Å². The smallest absolute Gasteiger partial charge is 0.416 e. The van der Waals surface area contributed by atoms with Crippen molar-refractivity contribution in [3.05, 3.63) is 89.5 Å². The van der Waals surface area contributed by atoms with Gasteiger partial charge in [0, 0.05) is 24.3 Å². The lowest BCUT2D eigenvalue weighted by molar-refractivity contribution is -0.138. The molecule has 0 saturated carbocycles. The summed E-state index contributed by atoms with van der Waals surface area (Å²) in [5, 5.41) is 14.6. The highest BCUT2D eigenvalue weighted by atomic mass is 19.4. The summed E-state index contributed by atoms with van der Waals surface area (Å²) in [6, 6.07) is 20.0. The maximum atomic E-state index is 12.7. The first-order chi connectivity index (χ1) is 17.1. The summed E-state index contributed by atoms with van der Waals surface area (Å²) < 4.78 is 38.2. The van der Waals surface area contributed by atoms with E-state index in [0.29, 0.717) is 11.5 Å². The van der Waals surface area contributed by atoms with E-state index in [1.807, 2.05) is 36.4 Å². The number of hydrogen-bond donors (Lipinski definition) is 3. The van der Waals surface area contributed by atoms with Gasteiger partial charge in [-0.05, 0) is 71.8 Å². The Morgan fingerprint density at radius 2 is 1.47 bits per heavy atom. The maximum Gasteiger partial charge on any atom is 0.416 e. The van der Waals surface area contributed by atoms with Gasteiger partial charge in [0.2, 0.25) is 0 Å². The Morgan fingerprint density at radius 3 is 2.03 bits per heavy atom. The van der Waals surface area contributed by atoms with Gasteiger partial charge in [0.15, 0.2) is 0 Å². The first kappa shape index (κ1) is 26.8. The summed E-state index contributed by atoms with van der Waals surface area (Å²) in [4.78, 5) is 22.6. The topological polar surface area (TPSA) is 78.4 Å². The van der Waals surface area contributed by atoms with Gasteiger partial charge < -0.3 is 15.7 Å². The Labute approximate surface area is 208 Å². The molecule has 0 aliphatic heterocycles. The third-order valence-corrected chi connectivity index (χ3v) is 5.85. The second-order valence-electron chi connectivity index (χ2n) is 8.77. The minimum absolute atomic E-state index is 0.0955. The van der Waals surface area contributed by atoms with Gasteiger partial charge >= 0.3 is 12.1 Å². The fourth-order valence-electron chi connectivity index (χ4n) is 3.65. The Balaban J connectivity index is 1.43. The van der Waals surface area contributed by atoms with Crippen LogP contribution in [0.15, 0.2) is 72.8 Å². The lowest BCUT2D eigenvalue weighted by atomic mass is 10.00. The number of aliphatic carboxylic acids is 1. The van der Waals surface area contributed by atoms with Crippen LogP contribution in [0.5, 0.6) is 0 Å². The monoisotopic (exact) mass is 498 g/mol. The van der Waals surface area contributed by atoms with Gasteiger partial charge in [-0.25, -0.2) is 0 Å². The molecule has 0 spiro atoms. The zero-order chi connectivity index (χ0) is 26.1. The average molecular weight is 499 g/mol.